The van der Waals surface area contributed by atoms with Crippen molar-refractivity contribution < 1.29 is 13.5 Å². The molecular weight excluding hydrogens is 366 g/mol. The Hall–Kier alpha value is -2.57. The van der Waals surface area contributed by atoms with E-state index in [9.17, 15) is 8.78 Å². The first kappa shape index (κ1) is 15.9. The van der Waals surface area contributed by atoms with Crippen molar-refractivity contribution in [1.29, 1.82) is 0 Å². The van der Waals surface area contributed by atoms with E-state index in [0.717, 1.165) is 28.1 Å². The first-order chi connectivity index (χ1) is 12.1. The van der Waals surface area contributed by atoms with Gasteiger partial charge in [0.05, 0.1) is 5.39 Å². The first-order valence-corrected chi connectivity index (χ1v) is 8.48. The lowest BCUT2D eigenvalue weighted by atomic mass is 10.1. The molecule has 25 heavy (non-hydrogen) atoms. The molecule has 0 radical (unpaired) electrons. The Morgan fingerprint density at radius 1 is 0.960 bits per heavy atom. The van der Waals surface area contributed by atoms with E-state index >= 15 is 0 Å². The fraction of sp³-hybridized carbons (Fsp3) is 0. The maximum atomic E-state index is 13.4. The zero-order valence-electron chi connectivity index (χ0n) is 12.5. The monoisotopic (exact) mass is 374 g/mol. The highest BCUT2D eigenvalue weighted by Crippen LogP contribution is 2.39. The van der Waals surface area contributed by atoms with Gasteiger partial charge in [-0.25, -0.2) is 18.7 Å². The van der Waals surface area contributed by atoms with E-state index in [-0.39, 0.29) is 11.6 Å². The van der Waals surface area contributed by atoms with Gasteiger partial charge in [-0.15, -0.1) is 11.3 Å². The van der Waals surface area contributed by atoms with Crippen LogP contribution in [0, 0.1) is 11.6 Å². The van der Waals surface area contributed by atoms with Crippen LogP contribution in [0.5, 0.6) is 11.6 Å². The Labute approximate surface area is 150 Å². The quantitative estimate of drug-likeness (QED) is 0.435. The van der Waals surface area contributed by atoms with Crippen molar-refractivity contribution in [1.82, 2.24) is 9.97 Å². The van der Waals surface area contributed by atoms with Crippen LogP contribution in [-0.4, -0.2) is 9.97 Å². The maximum absolute atomic E-state index is 13.4. The number of hydrogen-bond acceptors (Lipinski definition) is 4. The fourth-order valence-corrected chi connectivity index (χ4v) is 3.45. The summed E-state index contributed by atoms with van der Waals surface area (Å²) in [5, 5.41) is 3.29. The number of rotatable bonds is 3. The molecule has 4 aromatic rings. The van der Waals surface area contributed by atoms with Gasteiger partial charge in [-0.3, -0.25) is 0 Å². The van der Waals surface area contributed by atoms with Crippen molar-refractivity contribution in [2.24, 2.45) is 0 Å². The zero-order valence-corrected chi connectivity index (χ0v) is 14.1. The minimum atomic E-state index is -0.981. The van der Waals surface area contributed by atoms with Gasteiger partial charge in [-0.05, 0) is 29.8 Å². The predicted octanol–water partition coefficient (Wildman–Crippen LogP) is 6.08. The van der Waals surface area contributed by atoms with Crippen molar-refractivity contribution in [3.63, 3.8) is 0 Å². The zero-order chi connectivity index (χ0) is 17.4. The standard InChI is InChI=1S/C18H9ClF2N2OS/c19-11-3-1-10(2-4-11)13-8-25-18-16(13)17(22-9-23-18)24-12-5-6-14(20)15(21)7-12/h1-9H. The van der Waals surface area contributed by atoms with Crippen LogP contribution in [0.25, 0.3) is 21.3 Å². The van der Waals surface area contributed by atoms with Gasteiger partial charge < -0.3 is 4.74 Å². The average Bonchev–Trinajstić information content (AvgIpc) is 3.04. The highest BCUT2D eigenvalue weighted by molar-refractivity contribution is 7.17. The molecule has 0 spiro atoms. The fourth-order valence-electron chi connectivity index (χ4n) is 2.42. The van der Waals surface area contributed by atoms with E-state index in [4.69, 9.17) is 16.3 Å². The molecule has 0 unspecified atom stereocenters. The van der Waals surface area contributed by atoms with Crippen LogP contribution in [0.15, 0.2) is 54.2 Å². The topological polar surface area (TPSA) is 35.0 Å². The van der Waals surface area contributed by atoms with Crippen LogP contribution >= 0.6 is 22.9 Å². The van der Waals surface area contributed by atoms with E-state index < -0.39 is 11.6 Å². The molecule has 0 aliphatic carbocycles. The molecule has 2 aromatic carbocycles. The molecule has 0 aliphatic rings. The van der Waals surface area contributed by atoms with Crippen LogP contribution in [0.1, 0.15) is 0 Å². The third-order valence-corrected chi connectivity index (χ3v) is 4.73. The Balaban J connectivity index is 1.82. The molecule has 0 saturated heterocycles. The number of hydrogen-bond donors (Lipinski definition) is 0. The summed E-state index contributed by atoms with van der Waals surface area (Å²) < 4.78 is 32.2. The van der Waals surface area contributed by atoms with Gasteiger partial charge in [0.2, 0.25) is 5.88 Å². The smallest absolute Gasteiger partial charge is 0.231 e. The van der Waals surface area contributed by atoms with Crippen molar-refractivity contribution in [2.75, 3.05) is 0 Å². The molecule has 7 heteroatoms. The van der Waals surface area contributed by atoms with Crippen molar-refractivity contribution >= 4 is 33.2 Å². The molecule has 0 fully saturated rings. The molecule has 0 N–H and O–H groups in total. The molecule has 0 atom stereocenters. The normalized spacial score (nSPS) is 11.0. The van der Waals surface area contributed by atoms with E-state index in [2.05, 4.69) is 9.97 Å². The SMILES string of the molecule is Fc1ccc(Oc2ncnc3scc(-c4ccc(Cl)cc4)c23)cc1F. The highest BCUT2D eigenvalue weighted by Gasteiger charge is 2.15. The molecular formula is C18H9ClF2N2OS. The number of fused-ring (bicyclic) bond motifs is 1. The van der Waals surface area contributed by atoms with Gasteiger partial charge in [-0.2, -0.15) is 0 Å². The molecule has 3 nitrogen and oxygen atoms in total. The van der Waals surface area contributed by atoms with Gasteiger partial charge in [0, 0.05) is 22.0 Å². The average molecular weight is 375 g/mol. The Morgan fingerprint density at radius 2 is 1.76 bits per heavy atom. The second-order valence-corrected chi connectivity index (χ2v) is 6.49. The summed E-state index contributed by atoms with van der Waals surface area (Å²) in [5.74, 6) is -1.47. The number of thiophene rings is 1. The second-order valence-electron chi connectivity index (χ2n) is 5.19. The summed E-state index contributed by atoms with van der Waals surface area (Å²) in [6.07, 6.45) is 1.37. The van der Waals surface area contributed by atoms with Crippen LogP contribution in [0.2, 0.25) is 5.02 Å². The summed E-state index contributed by atoms with van der Waals surface area (Å²) in [5.41, 5.74) is 1.82. The van der Waals surface area contributed by atoms with Crippen LogP contribution in [0.4, 0.5) is 8.78 Å². The lowest BCUT2D eigenvalue weighted by Gasteiger charge is -2.08. The summed E-state index contributed by atoms with van der Waals surface area (Å²) in [4.78, 5) is 9.14. The summed E-state index contributed by atoms with van der Waals surface area (Å²) in [6, 6.07) is 10.7. The molecule has 0 bridgehead atoms. The van der Waals surface area contributed by atoms with Gasteiger partial charge in [0.25, 0.3) is 0 Å². The number of nitrogens with zero attached hydrogens (tertiary/aromatic N) is 2. The molecule has 0 aliphatic heterocycles. The lowest BCUT2D eigenvalue weighted by molar-refractivity contribution is 0.452. The van der Waals surface area contributed by atoms with Crippen LogP contribution < -0.4 is 4.74 Å². The molecule has 0 saturated carbocycles. The maximum Gasteiger partial charge on any atom is 0.231 e. The molecule has 2 heterocycles. The van der Waals surface area contributed by atoms with Gasteiger partial charge in [0.1, 0.15) is 16.9 Å². The minimum Gasteiger partial charge on any atom is -0.438 e. The molecule has 0 amide bonds. The van der Waals surface area contributed by atoms with Crippen LogP contribution in [-0.2, 0) is 0 Å². The number of halogens is 3. The third kappa shape index (κ3) is 3.06. The Bertz CT molecular complexity index is 1070. The predicted molar refractivity (Wildman–Crippen MR) is 94.3 cm³/mol. The van der Waals surface area contributed by atoms with Gasteiger partial charge in [0.15, 0.2) is 11.6 Å². The third-order valence-electron chi connectivity index (χ3n) is 3.60. The van der Waals surface area contributed by atoms with E-state index in [1.165, 1.54) is 23.7 Å². The Kier molecular flexibility index (Phi) is 4.07. The van der Waals surface area contributed by atoms with Crippen molar-refractivity contribution in [2.45, 2.75) is 0 Å². The number of ether oxygens (including phenoxy) is 1. The van der Waals surface area contributed by atoms with Crippen molar-refractivity contribution in [3.05, 3.63) is 70.8 Å². The van der Waals surface area contributed by atoms with Gasteiger partial charge >= 0.3 is 0 Å². The lowest BCUT2D eigenvalue weighted by Crippen LogP contribution is -1.92. The van der Waals surface area contributed by atoms with E-state index in [0.29, 0.717) is 10.4 Å². The highest BCUT2D eigenvalue weighted by atomic mass is 35.5. The van der Waals surface area contributed by atoms with E-state index in [1.807, 2.05) is 17.5 Å². The second kappa shape index (κ2) is 6.38. The summed E-state index contributed by atoms with van der Waals surface area (Å²) in [6.45, 7) is 0. The largest absolute Gasteiger partial charge is 0.438 e. The number of benzene rings is 2. The first-order valence-electron chi connectivity index (χ1n) is 7.23. The number of aromatic nitrogens is 2. The van der Waals surface area contributed by atoms with Gasteiger partial charge in [-0.1, -0.05) is 23.7 Å². The molecule has 4 rings (SSSR count). The molecule has 2 aromatic heterocycles. The van der Waals surface area contributed by atoms with E-state index in [1.54, 1.807) is 12.1 Å². The van der Waals surface area contributed by atoms with Crippen LogP contribution in [0.3, 0.4) is 0 Å². The summed E-state index contributed by atoms with van der Waals surface area (Å²) >= 11 is 7.39. The minimum absolute atomic E-state index is 0.159. The Morgan fingerprint density at radius 3 is 2.52 bits per heavy atom. The molecule has 124 valence electrons. The summed E-state index contributed by atoms with van der Waals surface area (Å²) in [7, 11) is 0. The van der Waals surface area contributed by atoms with Crippen molar-refractivity contribution in [3.8, 4) is 22.8 Å².